The van der Waals surface area contributed by atoms with Crippen LogP contribution in [0.15, 0.2) is 53.7 Å². The van der Waals surface area contributed by atoms with Gasteiger partial charge < -0.3 is 14.6 Å². The smallest absolute Gasteiger partial charge is 0.237 e. The van der Waals surface area contributed by atoms with Gasteiger partial charge in [0.1, 0.15) is 5.75 Å². The molecule has 27 heavy (non-hydrogen) atoms. The summed E-state index contributed by atoms with van der Waals surface area (Å²) in [5.74, 6) is 1.43. The minimum atomic E-state index is -0.319. The lowest BCUT2D eigenvalue weighted by atomic mass is 10.1. The zero-order valence-electron chi connectivity index (χ0n) is 15.8. The Bertz CT molecular complexity index is 920. The van der Waals surface area contributed by atoms with Crippen LogP contribution in [0.3, 0.4) is 0 Å². The first-order chi connectivity index (χ1) is 13.0. The van der Waals surface area contributed by atoms with Crippen molar-refractivity contribution in [2.75, 3.05) is 12.4 Å². The van der Waals surface area contributed by atoms with Gasteiger partial charge in [-0.1, -0.05) is 41.6 Å². The number of hydrogen-bond donors (Lipinski definition) is 1. The first kappa shape index (κ1) is 19.0. The Labute approximate surface area is 163 Å². The second-order valence-corrected chi connectivity index (χ2v) is 7.52. The molecule has 3 aromatic rings. The number of benzene rings is 2. The minimum absolute atomic E-state index is 0.0925. The third-order valence-electron chi connectivity index (χ3n) is 4.15. The summed E-state index contributed by atoms with van der Waals surface area (Å²) in [7, 11) is 3.52. The highest BCUT2D eigenvalue weighted by Gasteiger charge is 2.19. The van der Waals surface area contributed by atoms with Gasteiger partial charge in [-0.15, -0.1) is 10.2 Å². The maximum Gasteiger partial charge on any atom is 0.237 e. The molecule has 6 nitrogen and oxygen atoms in total. The zero-order valence-corrected chi connectivity index (χ0v) is 16.6. The number of amides is 1. The van der Waals surface area contributed by atoms with E-state index in [9.17, 15) is 4.79 Å². The first-order valence-electron chi connectivity index (χ1n) is 8.56. The molecule has 2 aromatic carbocycles. The Morgan fingerprint density at radius 2 is 1.78 bits per heavy atom. The number of ether oxygens (including phenoxy) is 1. The predicted octanol–water partition coefficient (Wildman–Crippen LogP) is 3.92. The van der Waals surface area contributed by atoms with Crippen LogP contribution in [0.25, 0.3) is 11.4 Å². The molecule has 0 saturated carbocycles. The summed E-state index contributed by atoms with van der Waals surface area (Å²) < 4.78 is 7.03. The molecule has 0 aliphatic rings. The summed E-state index contributed by atoms with van der Waals surface area (Å²) in [6.45, 7) is 3.90. The minimum Gasteiger partial charge on any atom is -0.497 e. The summed E-state index contributed by atoms with van der Waals surface area (Å²) in [6, 6.07) is 15.4. The van der Waals surface area contributed by atoms with Gasteiger partial charge in [-0.3, -0.25) is 4.79 Å². The molecule has 1 unspecified atom stereocenters. The van der Waals surface area contributed by atoms with Crippen molar-refractivity contribution in [3.63, 3.8) is 0 Å². The number of rotatable bonds is 6. The van der Waals surface area contributed by atoms with E-state index in [1.165, 1.54) is 17.3 Å². The third-order valence-corrected chi connectivity index (χ3v) is 5.29. The summed E-state index contributed by atoms with van der Waals surface area (Å²) in [5.41, 5.74) is 2.92. The Balaban J connectivity index is 1.67. The van der Waals surface area contributed by atoms with Crippen LogP contribution in [0.1, 0.15) is 12.5 Å². The van der Waals surface area contributed by atoms with Gasteiger partial charge >= 0.3 is 0 Å². The van der Waals surface area contributed by atoms with Crippen molar-refractivity contribution in [2.45, 2.75) is 24.3 Å². The highest BCUT2D eigenvalue weighted by molar-refractivity contribution is 8.00. The van der Waals surface area contributed by atoms with Gasteiger partial charge in [-0.25, -0.2) is 0 Å². The van der Waals surface area contributed by atoms with Gasteiger partial charge in [-0.05, 0) is 38.1 Å². The van der Waals surface area contributed by atoms with Crippen molar-refractivity contribution >= 4 is 23.4 Å². The van der Waals surface area contributed by atoms with Crippen molar-refractivity contribution in [3.8, 4) is 17.1 Å². The Kier molecular flexibility index (Phi) is 5.81. The first-order valence-corrected chi connectivity index (χ1v) is 9.44. The van der Waals surface area contributed by atoms with Crippen molar-refractivity contribution in [3.05, 3.63) is 54.1 Å². The number of anilines is 1. The van der Waals surface area contributed by atoms with Crippen LogP contribution >= 0.6 is 11.8 Å². The van der Waals surface area contributed by atoms with Gasteiger partial charge in [0.2, 0.25) is 5.91 Å². The molecule has 140 valence electrons. The Morgan fingerprint density at radius 1 is 1.11 bits per heavy atom. The maximum atomic E-state index is 12.5. The van der Waals surface area contributed by atoms with E-state index in [-0.39, 0.29) is 11.2 Å². The molecule has 0 bridgehead atoms. The third kappa shape index (κ3) is 4.49. The Morgan fingerprint density at radius 3 is 2.41 bits per heavy atom. The standard InChI is InChI=1S/C20H22N4O2S/c1-13-5-7-15(8-6-13)18-22-23-20(24(18)3)27-14(2)19(25)21-16-9-11-17(26-4)12-10-16/h5-12,14H,1-4H3,(H,21,25). The second kappa shape index (κ2) is 8.26. The van der Waals surface area contributed by atoms with Crippen molar-refractivity contribution in [1.82, 2.24) is 14.8 Å². The van der Waals surface area contributed by atoms with Gasteiger partial charge in [0.15, 0.2) is 11.0 Å². The largest absolute Gasteiger partial charge is 0.497 e. The fourth-order valence-corrected chi connectivity index (χ4v) is 3.32. The fourth-order valence-electron chi connectivity index (χ4n) is 2.50. The van der Waals surface area contributed by atoms with Crippen LogP contribution in [0.4, 0.5) is 5.69 Å². The lowest BCUT2D eigenvalue weighted by molar-refractivity contribution is -0.115. The molecule has 0 saturated heterocycles. The van der Waals surface area contributed by atoms with Gasteiger partial charge in [0.25, 0.3) is 0 Å². The number of carbonyl (C=O) groups excluding carboxylic acids is 1. The number of thioether (sulfide) groups is 1. The van der Waals surface area contributed by atoms with E-state index in [0.29, 0.717) is 5.16 Å². The SMILES string of the molecule is COc1ccc(NC(=O)C(C)Sc2nnc(-c3ccc(C)cc3)n2C)cc1. The molecule has 0 spiro atoms. The topological polar surface area (TPSA) is 69.0 Å². The average Bonchev–Trinajstić information content (AvgIpc) is 3.03. The normalized spacial score (nSPS) is 11.9. The molecule has 1 N–H and O–H groups in total. The molecule has 1 atom stereocenters. The van der Waals surface area contributed by atoms with E-state index in [1.807, 2.05) is 74.0 Å². The van der Waals surface area contributed by atoms with E-state index in [1.54, 1.807) is 7.11 Å². The van der Waals surface area contributed by atoms with E-state index in [2.05, 4.69) is 15.5 Å². The molecule has 3 rings (SSSR count). The van der Waals surface area contributed by atoms with Crippen LogP contribution in [0.2, 0.25) is 0 Å². The van der Waals surface area contributed by atoms with Gasteiger partial charge in [0.05, 0.1) is 12.4 Å². The second-order valence-electron chi connectivity index (χ2n) is 6.21. The number of aromatic nitrogens is 3. The Hall–Kier alpha value is -2.80. The van der Waals surface area contributed by atoms with Crippen molar-refractivity contribution in [1.29, 1.82) is 0 Å². The number of hydrogen-bond acceptors (Lipinski definition) is 5. The highest BCUT2D eigenvalue weighted by atomic mass is 32.2. The van der Waals surface area contributed by atoms with E-state index in [4.69, 9.17) is 4.74 Å². The summed E-state index contributed by atoms with van der Waals surface area (Å²) >= 11 is 1.38. The number of aryl methyl sites for hydroxylation is 1. The van der Waals surface area contributed by atoms with Crippen molar-refractivity contribution in [2.24, 2.45) is 7.05 Å². The van der Waals surface area contributed by atoms with Crippen LogP contribution in [-0.2, 0) is 11.8 Å². The van der Waals surface area contributed by atoms with Gasteiger partial charge in [-0.2, -0.15) is 0 Å². The lowest BCUT2D eigenvalue weighted by Gasteiger charge is -2.12. The van der Waals surface area contributed by atoms with Crippen LogP contribution < -0.4 is 10.1 Å². The number of methoxy groups -OCH3 is 1. The monoisotopic (exact) mass is 382 g/mol. The molecular formula is C20H22N4O2S. The summed E-state index contributed by atoms with van der Waals surface area (Å²) in [6.07, 6.45) is 0. The van der Waals surface area contributed by atoms with Crippen LogP contribution in [-0.4, -0.2) is 33.0 Å². The zero-order chi connectivity index (χ0) is 19.4. The number of carbonyl (C=O) groups is 1. The molecule has 0 radical (unpaired) electrons. The van der Waals surface area contributed by atoms with E-state index < -0.39 is 0 Å². The molecule has 0 aliphatic carbocycles. The van der Waals surface area contributed by atoms with Crippen molar-refractivity contribution < 1.29 is 9.53 Å². The van der Waals surface area contributed by atoms with E-state index in [0.717, 1.165) is 22.8 Å². The predicted molar refractivity (Wildman–Crippen MR) is 108 cm³/mol. The quantitative estimate of drug-likeness (QED) is 0.655. The molecule has 1 aromatic heterocycles. The van der Waals surface area contributed by atoms with Crippen LogP contribution in [0.5, 0.6) is 5.75 Å². The summed E-state index contributed by atoms with van der Waals surface area (Å²) in [5, 5.41) is 11.8. The number of nitrogens with one attached hydrogen (secondary N) is 1. The number of nitrogens with zero attached hydrogens (tertiary/aromatic N) is 3. The molecule has 0 fully saturated rings. The maximum absolute atomic E-state index is 12.5. The van der Waals surface area contributed by atoms with Gasteiger partial charge in [0, 0.05) is 18.3 Å². The molecule has 1 heterocycles. The van der Waals surface area contributed by atoms with Crippen LogP contribution in [0, 0.1) is 6.92 Å². The molecular weight excluding hydrogens is 360 g/mol. The van der Waals surface area contributed by atoms with E-state index >= 15 is 0 Å². The highest BCUT2D eigenvalue weighted by Crippen LogP contribution is 2.26. The molecule has 7 heteroatoms. The molecule has 1 amide bonds. The average molecular weight is 382 g/mol. The summed E-state index contributed by atoms with van der Waals surface area (Å²) in [4.78, 5) is 12.5. The fraction of sp³-hybridized carbons (Fsp3) is 0.250. The molecule has 0 aliphatic heterocycles. The lowest BCUT2D eigenvalue weighted by Crippen LogP contribution is -2.22.